The van der Waals surface area contributed by atoms with E-state index in [-0.39, 0.29) is 17.2 Å². The van der Waals surface area contributed by atoms with Gasteiger partial charge in [0.15, 0.2) is 0 Å². The van der Waals surface area contributed by atoms with Gasteiger partial charge in [-0.05, 0) is 55.7 Å². The predicted molar refractivity (Wildman–Crippen MR) is 121 cm³/mol. The van der Waals surface area contributed by atoms with Crippen LogP contribution in [0, 0.1) is 12.7 Å². The Morgan fingerprint density at radius 3 is 2.62 bits per heavy atom. The zero-order valence-electron chi connectivity index (χ0n) is 18.3. The number of hydrogen-bond donors (Lipinski definition) is 1. The van der Waals surface area contributed by atoms with Crippen molar-refractivity contribution >= 4 is 32.7 Å². The highest BCUT2D eigenvalue weighted by atomic mass is 32.2. The van der Waals surface area contributed by atoms with Gasteiger partial charge >= 0.3 is 0 Å². The van der Waals surface area contributed by atoms with Crippen LogP contribution in [0.4, 0.5) is 10.1 Å². The van der Waals surface area contributed by atoms with Crippen molar-refractivity contribution in [2.45, 2.75) is 43.9 Å². The number of halogens is 1. The van der Waals surface area contributed by atoms with Gasteiger partial charge in [0.25, 0.3) is 0 Å². The van der Waals surface area contributed by atoms with Crippen molar-refractivity contribution in [1.29, 1.82) is 0 Å². The van der Waals surface area contributed by atoms with E-state index in [1.54, 1.807) is 35.5 Å². The molecule has 0 bridgehead atoms. The highest BCUT2D eigenvalue weighted by Gasteiger charge is 2.26. The Hall–Kier alpha value is -2.78. The number of amides is 1. The van der Waals surface area contributed by atoms with E-state index in [1.165, 1.54) is 12.1 Å². The van der Waals surface area contributed by atoms with Crippen LogP contribution in [0.15, 0.2) is 41.3 Å². The molecule has 1 aliphatic heterocycles. The molecule has 9 heteroatoms. The summed E-state index contributed by atoms with van der Waals surface area (Å²) >= 11 is 0. The van der Waals surface area contributed by atoms with E-state index in [1.807, 2.05) is 11.6 Å². The molecule has 1 saturated heterocycles. The number of hydrogen-bond acceptors (Lipinski definition) is 4. The summed E-state index contributed by atoms with van der Waals surface area (Å²) in [7, 11) is -1.69. The third-order valence-electron chi connectivity index (χ3n) is 5.95. The number of carbonyl (C=O) groups is 1. The number of anilines is 1. The summed E-state index contributed by atoms with van der Waals surface area (Å²) in [6.45, 7) is 2.90. The van der Waals surface area contributed by atoms with Crippen LogP contribution in [0.3, 0.4) is 0 Å². The molecule has 1 aliphatic rings. The van der Waals surface area contributed by atoms with Gasteiger partial charge in [-0.1, -0.05) is 12.5 Å². The van der Waals surface area contributed by atoms with Gasteiger partial charge in [0.05, 0.1) is 15.9 Å². The molecule has 0 atom stereocenters. The van der Waals surface area contributed by atoms with Crippen molar-refractivity contribution < 1.29 is 17.6 Å². The monoisotopic (exact) mass is 458 g/mol. The number of rotatable bonds is 6. The van der Waals surface area contributed by atoms with Gasteiger partial charge in [-0.15, -0.1) is 0 Å². The summed E-state index contributed by atoms with van der Waals surface area (Å²) in [6, 6.07) is 9.26. The second-order valence-electron chi connectivity index (χ2n) is 8.21. The molecule has 1 fully saturated rings. The number of benzene rings is 2. The maximum atomic E-state index is 13.4. The predicted octanol–water partition coefficient (Wildman–Crippen LogP) is 3.77. The summed E-state index contributed by atoms with van der Waals surface area (Å²) in [5.41, 5.74) is 2.62. The van der Waals surface area contributed by atoms with Gasteiger partial charge in [-0.2, -0.15) is 4.31 Å². The first-order valence-corrected chi connectivity index (χ1v) is 12.2. The van der Waals surface area contributed by atoms with E-state index in [4.69, 9.17) is 0 Å². The largest absolute Gasteiger partial charge is 0.331 e. The van der Waals surface area contributed by atoms with E-state index in [0.29, 0.717) is 36.5 Å². The fourth-order valence-electron chi connectivity index (χ4n) is 4.03. The quantitative estimate of drug-likeness (QED) is 0.610. The Morgan fingerprint density at radius 2 is 1.88 bits per heavy atom. The molecule has 3 aromatic rings. The lowest BCUT2D eigenvalue weighted by Crippen LogP contribution is -2.35. The number of piperidine rings is 1. The minimum absolute atomic E-state index is 0.173. The Bertz CT molecular complexity index is 1260. The number of aryl methyl sites for hydroxylation is 3. The molecule has 1 aromatic heterocycles. The van der Waals surface area contributed by atoms with Crippen LogP contribution in [0.1, 0.15) is 37.1 Å². The average molecular weight is 459 g/mol. The fraction of sp³-hybridized carbons (Fsp3) is 0.391. The second-order valence-corrected chi connectivity index (χ2v) is 10.1. The number of nitrogens with zero attached hydrogens (tertiary/aromatic N) is 3. The van der Waals surface area contributed by atoms with Crippen LogP contribution in [0.5, 0.6) is 0 Å². The molecule has 170 valence electrons. The summed E-state index contributed by atoms with van der Waals surface area (Å²) in [4.78, 5) is 17.2. The number of sulfonamides is 1. The first-order chi connectivity index (χ1) is 15.3. The van der Waals surface area contributed by atoms with Crippen LogP contribution < -0.4 is 5.32 Å². The molecule has 0 spiro atoms. The van der Waals surface area contributed by atoms with Crippen molar-refractivity contribution in [1.82, 2.24) is 13.9 Å². The molecule has 1 N–H and O–H groups in total. The zero-order valence-corrected chi connectivity index (χ0v) is 19.1. The average Bonchev–Trinajstić information content (AvgIpc) is 3.10. The van der Waals surface area contributed by atoms with Crippen molar-refractivity contribution in [3.8, 4) is 0 Å². The van der Waals surface area contributed by atoms with E-state index >= 15 is 0 Å². The fourth-order valence-corrected chi connectivity index (χ4v) is 5.57. The normalized spacial score (nSPS) is 15.2. The minimum atomic E-state index is -3.54. The lowest BCUT2D eigenvalue weighted by molar-refractivity contribution is -0.116. The number of imidazole rings is 1. The third kappa shape index (κ3) is 4.54. The molecule has 1 amide bonds. The minimum Gasteiger partial charge on any atom is -0.331 e. The first kappa shape index (κ1) is 22.4. The van der Waals surface area contributed by atoms with Crippen LogP contribution in [-0.4, -0.2) is 41.3 Å². The lowest BCUT2D eigenvalue weighted by Gasteiger charge is -2.25. The number of carbonyl (C=O) groups excluding carboxylic acids is 1. The molecule has 2 aromatic carbocycles. The van der Waals surface area contributed by atoms with Gasteiger partial charge in [0, 0.05) is 38.7 Å². The van der Waals surface area contributed by atoms with E-state index in [9.17, 15) is 17.6 Å². The van der Waals surface area contributed by atoms with Gasteiger partial charge < -0.3 is 9.88 Å². The van der Waals surface area contributed by atoms with E-state index < -0.39 is 15.8 Å². The first-order valence-electron chi connectivity index (χ1n) is 10.8. The van der Waals surface area contributed by atoms with Crippen LogP contribution >= 0.6 is 0 Å². The molecule has 0 unspecified atom stereocenters. The zero-order chi connectivity index (χ0) is 22.9. The topological polar surface area (TPSA) is 84.3 Å². The second kappa shape index (κ2) is 8.99. The number of fused-ring (bicyclic) bond motifs is 1. The smallest absolute Gasteiger partial charge is 0.243 e. The van der Waals surface area contributed by atoms with Crippen molar-refractivity contribution in [3.05, 3.63) is 53.6 Å². The maximum Gasteiger partial charge on any atom is 0.243 e. The Labute approximate surface area is 187 Å². The molecule has 0 aliphatic carbocycles. The standard InChI is InChI=1S/C23H27FN4O3S/c1-16-6-7-17(24)14-19(16)26-23(29)11-10-22-25-20-15-18(8-9-21(20)27(22)2)32(30,31)28-12-4-3-5-13-28/h6-9,14-15H,3-5,10-13H2,1-2H3,(H,26,29). The summed E-state index contributed by atoms with van der Waals surface area (Å²) in [6.07, 6.45) is 3.37. The maximum absolute atomic E-state index is 13.4. The number of aromatic nitrogens is 2. The third-order valence-corrected chi connectivity index (χ3v) is 7.84. The SMILES string of the molecule is Cc1ccc(F)cc1NC(=O)CCc1nc2cc(S(=O)(=O)N3CCCCC3)ccc2n1C. The van der Waals surface area contributed by atoms with Gasteiger partial charge in [-0.25, -0.2) is 17.8 Å². The van der Waals surface area contributed by atoms with Gasteiger partial charge in [-0.3, -0.25) is 4.79 Å². The Morgan fingerprint density at radius 1 is 1.12 bits per heavy atom. The molecule has 32 heavy (non-hydrogen) atoms. The Balaban J connectivity index is 1.49. The van der Waals surface area contributed by atoms with Crippen molar-refractivity contribution in [2.24, 2.45) is 7.05 Å². The van der Waals surface area contributed by atoms with E-state index in [2.05, 4.69) is 10.3 Å². The van der Waals surface area contributed by atoms with Crippen molar-refractivity contribution in [3.63, 3.8) is 0 Å². The van der Waals surface area contributed by atoms with Crippen LogP contribution in [0.25, 0.3) is 11.0 Å². The highest BCUT2D eigenvalue weighted by molar-refractivity contribution is 7.89. The number of nitrogens with one attached hydrogen (secondary N) is 1. The summed E-state index contributed by atoms with van der Waals surface area (Å²) in [5.74, 6) is 0.0364. The summed E-state index contributed by atoms with van der Waals surface area (Å²) < 4.78 is 42.8. The van der Waals surface area contributed by atoms with Crippen LogP contribution in [-0.2, 0) is 28.3 Å². The van der Waals surface area contributed by atoms with Gasteiger partial charge in [0.1, 0.15) is 11.6 Å². The highest BCUT2D eigenvalue weighted by Crippen LogP contribution is 2.25. The molecular formula is C23H27FN4O3S. The van der Waals surface area contributed by atoms with E-state index in [0.717, 1.165) is 30.3 Å². The van der Waals surface area contributed by atoms with Crippen molar-refractivity contribution in [2.75, 3.05) is 18.4 Å². The molecule has 0 radical (unpaired) electrons. The molecular weight excluding hydrogens is 431 g/mol. The van der Waals surface area contributed by atoms with Crippen LogP contribution in [0.2, 0.25) is 0 Å². The Kier molecular flexibility index (Phi) is 6.30. The molecule has 0 saturated carbocycles. The summed E-state index contributed by atoms with van der Waals surface area (Å²) in [5, 5.41) is 2.74. The molecule has 4 rings (SSSR count). The molecule has 2 heterocycles. The molecule has 7 nitrogen and oxygen atoms in total. The van der Waals surface area contributed by atoms with Gasteiger partial charge in [0.2, 0.25) is 15.9 Å². The lowest BCUT2D eigenvalue weighted by atomic mass is 10.2.